The Morgan fingerprint density at radius 1 is 0.878 bits per heavy atom. The number of aliphatic carboxylic acids is 2. The SMILES string of the molecule is CC1(C)[C@@H](OC(=O)CCC(=O)O)CC[C@]2(C)[C@H]3C(=O)C=C4[C@H]5C[C@](C)(C(=O)O)CC[C@]5(C)CC[C@@]4(C)[C@@]3(C)CC[C@@H]12. The van der Waals surface area contributed by atoms with Gasteiger partial charge in [0.1, 0.15) is 6.10 Å². The number of carbonyl (C=O) groups excluding carboxylic acids is 2. The van der Waals surface area contributed by atoms with Crippen molar-refractivity contribution in [2.24, 2.45) is 50.2 Å². The molecule has 5 rings (SSSR count). The highest BCUT2D eigenvalue weighted by Crippen LogP contribution is 2.75. The van der Waals surface area contributed by atoms with E-state index >= 15 is 0 Å². The molecule has 41 heavy (non-hydrogen) atoms. The Bertz CT molecular complexity index is 1200. The van der Waals surface area contributed by atoms with Crippen LogP contribution < -0.4 is 0 Å². The maximum atomic E-state index is 14.5. The van der Waals surface area contributed by atoms with Crippen molar-refractivity contribution in [1.82, 2.24) is 0 Å². The molecule has 0 amide bonds. The molecule has 0 radical (unpaired) electrons. The number of hydrogen-bond acceptors (Lipinski definition) is 5. The van der Waals surface area contributed by atoms with Gasteiger partial charge in [-0.15, -0.1) is 0 Å². The van der Waals surface area contributed by atoms with Gasteiger partial charge in [-0.2, -0.15) is 0 Å². The predicted molar refractivity (Wildman–Crippen MR) is 154 cm³/mol. The molecule has 0 aromatic heterocycles. The van der Waals surface area contributed by atoms with Crippen LogP contribution >= 0.6 is 0 Å². The molecule has 7 nitrogen and oxygen atoms in total. The van der Waals surface area contributed by atoms with Crippen LogP contribution in [0.15, 0.2) is 11.6 Å². The lowest BCUT2D eigenvalue weighted by atomic mass is 9.33. The van der Waals surface area contributed by atoms with E-state index < -0.39 is 23.3 Å². The van der Waals surface area contributed by atoms with Crippen molar-refractivity contribution < 1.29 is 34.1 Å². The molecule has 0 heterocycles. The Morgan fingerprint density at radius 3 is 2.17 bits per heavy atom. The molecular formula is C34H50O7. The Balaban J connectivity index is 1.49. The van der Waals surface area contributed by atoms with Gasteiger partial charge in [0.25, 0.3) is 0 Å². The zero-order valence-corrected chi connectivity index (χ0v) is 26.1. The summed E-state index contributed by atoms with van der Waals surface area (Å²) in [6.07, 6.45) is 8.80. The van der Waals surface area contributed by atoms with Crippen LogP contribution in [0.1, 0.15) is 119 Å². The van der Waals surface area contributed by atoms with Crippen molar-refractivity contribution in [3.63, 3.8) is 0 Å². The minimum absolute atomic E-state index is 0.0233. The number of hydrogen-bond donors (Lipinski definition) is 2. The van der Waals surface area contributed by atoms with E-state index in [9.17, 15) is 24.3 Å². The fourth-order valence-electron chi connectivity index (χ4n) is 11.0. The normalized spacial score (nSPS) is 46.6. The largest absolute Gasteiger partial charge is 0.481 e. The number of rotatable bonds is 5. The van der Waals surface area contributed by atoms with Crippen molar-refractivity contribution in [3.05, 3.63) is 11.6 Å². The topological polar surface area (TPSA) is 118 Å². The van der Waals surface area contributed by atoms with E-state index in [0.29, 0.717) is 19.3 Å². The molecule has 4 saturated carbocycles. The first kappa shape index (κ1) is 30.3. The van der Waals surface area contributed by atoms with Crippen LogP contribution in [0.5, 0.6) is 0 Å². The number of carbonyl (C=O) groups is 4. The maximum absolute atomic E-state index is 14.5. The molecule has 0 unspecified atom stereocenters. The Labute approximate surface area is 244 Å². The smallest absolute Gasteiger partial charge is 0.309 e. The second kappa shape index (κ2) is 9.41. The summed E-state index contributed by atoms with van der Waals surface area (Å²) in [7, 11) is 0. The molecule has 7 heteroatoms. The first-order valence-corrected chi connectivity index (χ1v) is 15.7. The second-order valence-electron chi connectivity index (χ2n) is 16.3. The minimum atomic E-state index is -1.01. The molecule has 0 aromatic rings. The van der Waals surface area contributed by atoms with E-state index in [4.69, 9.17) is 9.84 Å². The number of ether oxygens (including phenoxy) is 1. The van der Waals surface area contributed by atoms with Gasteiger partial charge >= 0.3 is 17.9 Å². The van der Waals surface area contributed by atoms with Crippen LogP contribution in [0.3, 0.4) is 0 Å². The summed E-state index contributed by atoms with van der Waals surface area (Å²) in [6.45, 7) is 15.5. The average molecular weight is 571 g/mol. The summed E-state index contributed by atoms with van der Waals surface area (Å²) in [5, 5.41) is 19.1. The molecule has 9 atom stereocenters. The molecule has 228 valence electrons. The highest BCUT2D eigenvalue weighted by molar-refractivity contribution is 5.95. The number of esters is 1. The lowest BCUT2D eigenvalue weighted by Crippen LogP contribution is -2.66. The lowest BCUT2D eigenvalue weighted by Gasteiger charge is -2.70. The van der Waals surface area contributed by atoms with Crippen molar-refractivity contribution in [2.75, 3.05) is 0 Å². The molecular weight excluding hydrogens is 520 g/mol. The first-order chi connectivity index (χ1) is 18.8. The molecule has 0 bridgehead atoms. The Kier molecular flexibility index (Phi) is 6.95. The number of ketones is 1. The number of fused-ring (bicyclic) bond motifs is 7. The summed E-state index contributed by atoms with van der Waals surface area (Å²) in [5.41, 5.74) is -0.553. The second-order valence-corrected chi connectivity index (χ2v) is 16.3. The van der Waals surface area contributed by atoms with Gasteiger partial charge in [0, 0.05) is 11.3 Å². The van der Waals surface area contributed by atoms with Gasteiger partial charge in [-0.1, -0.05) is 47.1 Å². The van der Waals surface area contributed by atoms with Crippen LogP contribution in [0, 0.1) is 50.2 Å². The Hall–Kier alpha value is -2.18. The maximum Gasteiger partial charge on any atom is 0.309 e. The zero-order chi connectivity index (χ0) is 30.4. The van der Waals surface area contributed by atoms with E-state index in [2.05, 4.69) is 41.5 Å². The molecule has 5 aliphatic carbocycles. The predicted octanol–water partition coefficient (Wildman–Crippen LogP) is 6.83. The van der Waals surface area contributed by atoms with E-state index in [0.717, 1.165) is 38.5 Å². The quantitative estimate of drug-likeness (QED) is 0.348. The lowest BCUT2D eigenvalue weighted by molar-refractivity contribution is -0.211. The van der Waals surface area contributed by atoms with Crippen molar-refractivity contribution in [1.29, 1.82) is 0 Å². The van der Waals surface area contributed by atoms with Gasteiger partial charge in [0.05, 0.1) is 18.3 Å². The summed E-state index contributed by atoms with van der Waals surface area (Å²) < 4.78 is 5.91. The van der Waals surface area contributed by atoms with Gasteiger partial charge in [-0.05, 0) is 104 Å². The molecule has 5 aliphatic rings. The molecule has 0 saturated heterocycles. The van der Waals surface area contributed by atoms with Crippen LogP contribution in [-0.2, 0) is 23.9 Å². The van der Waals surface area contributed by atoms with E-state index in [1.807, 2.05) is 13.0 Å². The van der Waals surface area contributed by atoms with E-state index in [1.165, 1.54) is 5.57 Å². The number of carboxylic acids is 2. The number of carboxylic acid groups (broad SMARTS) is 2. The van der Waals surface area contributed by atoms with E-state index in [-0.39, 0.29) is 69.6 Å². The summed E-state index contributed by atoms with van der Waals surface area (Å²) in [4.78, 5) is 50.3. The van der Waals surface area contributed by atoms with Crippen molar-refractivity contribution >= 4 is 23.7 Å². The molecule has 0 spiro atoms. The summed E-state index contributed by atoms with van der Waals surface area (Å²) in [6, 6.07) is 0. The van der Waals surface area contributed by atoms with Crippen LogP contribution in [0.4, 0.5) is 0 Å². The van der Waals surface area contributed by atoms with Crippen LogP contribution in [-0.4, -0.2) is 40.0 Å². The van der Waals surface area contributed by atoms with E-state index in [1.54, 1.807) is 0 Å². The fourth-order valence-corrected chi connectivity index (χ4v) is 11.0. The van der Waals surface area contributed by atoms with Gasteiger partial charge in [0.15, 0.2) is 5.78 Å². The molecule has 0 aliphatic heterocycles. The third kappa shape index (κ3) is 4.25. The average Bonchev–Trinajstić information content (AvgIpc) is 2.86. The van der Waals surface area contributed by atoms with Crippen molar-refractivity contribution in [2.45, 2.75) is 125 Å². The molecule has 0 aromatic carbocycles. The monoisotopic (exact) mass is 570 g/mol. The third-order valence-electron chi connectivity index (χ3n) is 13.8. The number of allylic oxidation sites excluding steroid dienone is 2. The minimum Gasteiger partial charge on any atom is -0.481 e. The van der Waals surface area contributed by atoms with Crippen molar-refractivity contribution in [3.8, 4) is 0 Å². The standard InChI is InChI=1S/C34H50O7/c1-29(2)23-10-13-34(7)27(32(23,5)12-11-24(29)41-26(38)9-8-25(36)37)22(35)18-20-21-19-31(4,28(39)40)15-14-30(21,3)16-17-33(20,34)6/h18,21,23-24,27H,8-17,19H2,1-7H3,(H,36,37)(H,39,40)/t21-,23+,24+,27-,30-,31-,32+,33-,34+/m1/s1. The summed E-state index contributed by atoms with van der Waals surface area (Å²) >= 11 is 0. The fraction of sp³-hybridized carbons (Fsp3) is 0.824. The van der Waals surface area contributed by atoms with Gasteiger partial charge in [0.2, 0.25) is 0 Å². The van der Waals surface area contributed by atoms with Crippen LogP contribution in [0.2, 0.25) is 0 Å². The molecule has 4 fully saturated rings. The highest BCUT2D eigenvalue weighted by atomic mass is 16.5. The highest BCUT2D eigenvalue weighted by Gasteiger charge is 2.70. The first-order valence-electron chi connectivity index (χ1n) is 15.7. The summed E-state index contributed by atoms with van der Waals surface area (Å²) in [5.74, 6) is -1.87. The van der Waals surface area contributed by atoms with Gasteiger partial charge in [-0.25, -0.2) is 0 Å². The Morgan fingerprint density at radius 2 is 1.54 bits per heavy atom. The zero-order valence-electron chi connectivity index (χ0n) is 26.1. The van der Waals surface area contributed by atoms with Crippen LogP contribution in [0.25, 0.3) is 0 Å². The van der Waals surface area contributed by atoms with Gasteiger partial charge in [-0.3, -0.25) is 19.2 Å². The molecule has 2 N–H and O–H groups in total. The van der Waals surface area contributed by atoms with Gasteiger partial charge < -0.3 is 14.9 Å². The third-order valence-corrected chi connectivity index (χ3v) is 13.8.